The van der Waals surface area contributed by atoms with Gasteiger partial charge in [-0.1, -0.05) is 24.6 Å². The van der Waals surface area contributed by atoms with E-state index in [1.807, 2.05) is 13.2 Å². The lowest BCUT2D eigenvalue weighted by Crippen LogP contribution is -2.24. The van der Waals surface area contributed by atoms with Gasteiger partial charge in [0.25, 0.3) is 0 Å². The molecule has 5 heteroatoms. The predicted octanol–water partition coefficient (Wildman–Crippen LogP) is 3.30. The fourth-order valence-corrected chi connectivity index (χ4v) is 2.32. The summed E-state index contributed by atoms with van der Waals surface area (Å²) in [4.78, 5) is 0. The highest BCUT2D eigenvalue weighted by Crippen LogP contribution is 2.30. The molecule has 0 saturated carbocycles. The SMILES string of the molecule is CCCNC(c1cnn(C)c1)c1c(F)cccc1Cl. The average Bonchev–Trinajstić information content (AvgIpc) is 2.79. The van der Waals surface area contributed by atoms with Crippen LogP contribution in [0.25, 0.3) is 0 Å². The number of nitrogens with one attached hydrogen (secondary N) is 1. The van der Waals surface area contributed by atoms with Crippen molar-refractivity contribution in [3.05, 3.63) is 52.6 Å². The second-order valence-electron chi connectivity index (χ2n) is 4.47. The van der Waals surface area contributed by atoms with Crippen LogP contribution in [-0.4, -0.2) is 16.3 Å². The first-order valence-electron chi connectivity index (χ1n) is 6.29. The van der Waals surface area contributed by atoms with E-state index in [-0.39, 0.29) is 11.9 Å². The molecule has 1 aromatic carbocycles. The van der Waals surface area contributed by atoms with Crippen molar-refractivity contribution in [3.8, 4) is 0 Å². The number of aryl methyl sites for hydroxylation is 1. The van der Waals surface area contributed by atoms with Gasteiger partial charge in [0.15, 0.2) is 0 Å². The number of aromatic nitrogens is 2. The Morgan fingerprint density at radius 3 is 2.84 bits per heavy atom. The monoisotopic (exact) mass is 281 g/mol. The first-order chi connectivity index (χ1) is 9.13. The van der Waals surface area contributed by atoms with Crippen molar-refractivity contribution >= 4 is 11.6 Å². The molecule has 0 spiro atoms. The smallest absolute Gasteiger partial charge is 0.129 e. The summed E-state index contributed by atoms with van der Waals surface area (Å²) in [5.74, 6) is -0.301. The number of hydrogen-bond donors (Lipinski definition) is 1. The second-order valence-corrected chi connectivity index (χ2v) is 4.88. The zero-order chi connectivity index (χ0) is 13.8. The Kier molecular flexibility index (Phi) is 4.56. The summed E-state index contributed by atoms with van der Waals surface area (Å²) in [6.45, 7) is 2.85. The van der Waals surface area contributed by atoms with E-state index in [9.17, 15) is 4.39 Å². The van der Waals surface area contributed by atoms with E-state index in [4.69, 9.17) is 11.6 Å². The summed E-state index contributed by atoms with van der Waals surface area (Å²) < 4.78 is 15.8. The molecule has 0 bridgehead atoms. The maximum Gasteiger partial charge on any atom is 0.129 e. The molecule has 1 aromatic heterocycles. The van der Waals surface area contributed by atoms with Gasteiger partial charge < -0.3 is 5.32 Å². The molecule has 1 atom stereocenters. The molecular weight excluding hydrogens is 265 g/mol. The molecule has 0 amide bonds. The van der Waals surface area contributed by atoms with Crippen LogP contribution in [0.5, 0.6) is 0 Å². The molecule has 1 unspecified atom stereocenters. The van der Waals surface area contributed by atoms with Crippen LogP contribution in [0.1, 0.15) is 30.5 Å². The zero-order valence-electron chi connectivity index (χ0n) is 11.0. The van der Waals surface area contributed by atoms with Crippen molar-refractivity contribution in [1.29, 1.82) is 0 Å². The highest BCUT2D eigenvalue weighted by atomic mass is 35.5. The largest absolute Gasteiger partial charge is 0.306 e. The van der Waals surface area contributed by atoms with E-state index in [0.717, 1.165) is 18.5 Å². The molecule has 102 valence electrons. The Hall–Kier alpha value is -1.39. The van der Waals surface area contributed by atoms with E-state index >= 15 is 0 Å². The standard InChI is InChI=1S/C14H17ClFN3/c1-3-7-17-14(10-8-18-19(2)9-10)13-11(15)5-4-6-12(13)16/h4-6,8-9,14,17H,3,7H2,1-2H3. The minimum absolute atomic E-state index is 0.276. The normalized spacial score (nSPS) is 12.6. The van der Waals surface area contributed by atoms with Crippen LogP contribution in [0.15, 0.2) is 30.6 Å². The number of hydrogen-bond acceptors (Lipinski definition) is 2. The zero-order valence-corrected chi connectivity index (χ0v) is 11.8. The van der Waals surface area contributed by atoms with Crippen LogP contribution in [0.4, 0.5) is 4.39 Å². The van der Waals surface area contributed by atoms with E-state index in [0.29, 0.717) is 10.6 Å². The summed E-state index contributed by atoms with van der Waals surface area (Å²) in [5.41, 5.74) is 1.38. The molecule has 3 nitrogen and oxygen atoms in total. The summed E-state index contributed by atoms with van der Waals surface area (Å²) in [5, 5.41) is 7.89. The molecule has 2 rings (SSSR count). The maximum absolute atomic E-state index is 14.1. The van der Waals surface area contributed by atoms with E-state index < -0.39 is 0 Å². The van der Waals surface area contributed by atoms with Crippen LogP contribution in [0.3, 0.4) is 0 Å². The Balaban J connectivity index is 2.42. The van der Waals surface area contributed by atoms with Gasteiger partial charge in [-0.25, -0.2) is 4.39 Å². The summed E-state index contributed by atoms with van der Waals surface area (Å²) in [6.07, 6.45) is 4.56. The lowest BCUT2D eigenvalue weighted by atomic mass is 10.0. The van der Waals surface area contributed by atoms with Gasteiger partial charge in [0.05, 0.1) is 12.2 Å². The van der Waals surface area contributed by atoms with Gasteiger partial charge in [-0.05, 0) is 25.1 Å². The Bertz CT molecular complexity index is 533. The van der Waals surface area contributed by atoms with Crippen LogP contribution in [0.2, 0.25) is 5.02 Å². The number of nitrogens with zero attached hydrogens (tertiary/aromatic N) is 2. The third-order valence-electron chi connectivity index (χ3n) is 2.95. The van der Waals surface area contributed by atoms with E-state index in [1.165, 1.54) is 6.07 Å². The minimum Gasteiger partial charge on any atom is -0.306 e. The third-order valence-corrected chi connectivity index (χ3v) is 3.27. The van der Waals surface area contributed by atoms with E-state index in [2.05, 4.69) is 17.3 Å². The first kappa shape index (κ1) is 14.0. The van der Waals surface area contributed by atoms with Crippen LogP contribution < -0.4 is 5.32 Å². The molecule has 0 aliphatic carbocycles. The Labute approximate surface area is 117 Å². The minimum atomic E-state index is -0.301. The molecule has 0 fully saturated rings. The quantitative estimate of drug-likeness (QED) is 0.911. The molecular formula is C14H17ClFN3. The van der Waals surface area contributed by atoms with Gasteiger partial charge in [0, 0.05) is 29.4 Å². The van der Waals surface area contributed by atoms with Gasteiger partial charge in [0.2, 0.25) is 0 Å². The molecule has 0 saturated heterocycles. The molecule has 0 radical (unpaired) electrons. The second kappa shape index (κ2) is 6.17. The van der Waals surface area contributed by atoms with Gasteiger partial charge in [0.1, 0.15) is 5.82 Å². The maximum atomic E-state index is 14.1. The first-order valence-corrected chi connectivity index (χ1v) is 6.67. The molecule has 0 aliphatic rings. The summed E-state index contributed by atoms with van der Waals surface area (Å²) in [7, 11) is 1.84. The highest BCUT2D eigenvalue weighted by Gasteiger charge is 2.21. The number of rotatable bonds is 5. The summed E-state index contributed by atoms with van der Waals surface area (Å²) >= 11 is 6.15. The fraction of sp³-hybridized carbons (Fsp3) is 0.357. The number of halogens is 2. The fourth-order valence-electron chi connectivity index (χ4n) is 2.05. The van der Waals surface area contributed by atoms with Crippen molar-refractivity contribution in [1.82, 2.24) is 15.1 Å². The predicted molar refractivity (Wildman–Crippen MR) is 74.8 cm³/mol. The molecule has 1 N–H and O–H groups in total. The lowest BCUT2D eigenvalue weighted by Gasteiger charge is -2.19. The molecule has 1 heterocycles. The number of benzene rings is 1. The molecule has 0 aliphatic heterocycles. The van der Waals surface area contributed by atoms with E-state index in [1.54, 1.807) is 23.0 Å². The van der Waals surface area contributed by atoms with Crippen molar-refractivity contribution in [2.45, 2.75) is 19.4 Å². The van der Waals surface area contributed by atoms with Crippen molar-refractivity contribution in [2.75, 3.05) is 6.54 Å². The van der Waals surface area contributed by atoms with Gasteiger partial charge in [-0.2, -0.15) is 5.10 Å². The van der Waals surface area contributed by atoms with Gasteiger partial charge in [-0.15, -0.1) is 0 Å². The third kappa shape index (κ3) is 3.14. The topological polar surface area (TPSA) is 29.9 Å². The van der Waals surface area contributed by atoms with Gasteiger partial charge >= 0.3 is 0 Å². The Morgan fingerprint density at radius 2 is 2.26 bits per heavy atom. The van der Waals surface area contributed by atoms with Gasteiger partial charge in [-0.3, -0.25) is 4.68 Å². The molecule has 19 heavy (non-hydrogen) atoms. The lowest BCUT2D eigenvalue weighted by molar-refractivity contribution is 0.546. The highest BCUT2D eigenvalue weighted by molar-refractivity contribution is 6.31. The van der Waals surface area contributed by atoms with Crippen LogP contribution in [0, 0.1) is 5.82 Å². The molecule has 2 aromatic rings. The van der Waals surface area contributed by atoms with Crippen LogP contribution >= 0.6 is 11.6 Å². The Morgan fingerprint density at radius 1 is 1.47 bits per heavy atom. The van der Waals surface area contributed by atoms with Crippen LogP contribution in [-0.2, 0) is 7.05 Å². The summed E-state index contributed by atoms with van der Waals surface area (Å²) in [6, 6.07) is 4.47. The van der Waals surface area contributed by atoms with Crippen molar-refractivity contribution < 1.29 is 4.39 Å². The van der Waals surface area contributed by atoms with Crippen molar-refractivity contribution in [2.24, 2.45) is 7.05 Å². The van der Waals surface area contributed by atoms with Crippen molar-refractivity contribution in [3.63, 3.8) is 0 Å². The average molecular weight is 282 g/mol.